The summed E-state index contributed by atoms with van der Waals surface area (Å²) < 4.78 is 11.2. The van der Waals surface area contributed by atoms with Gasteiger partial charge in [-0.25, -0.2) is 0 Å². The summed E-state index contributed by atoms with van der Waals surface area (Å²) >= 11 is 0. The molecule has 1 saturated carbocycles. The fraction of sp³-hybridized carbons (Fsp3) is 0.625. The molecule has 4 heteroatoms. The Labute approximate surface area is 120 Å². The molecule has 0 amide bonds. The van der Waals surface area contributed by atoms with Crippen LogP contribution in [0.4, 0.5) is 11.4 Å². The highest BCUT2D eigenvalue weighted by Gasteiger charge is 2.24. The number of nitrogens with one attached hydrogen (secondary N) is 1. The van der Waals surface area contributed by atoms with Crippen LogP contribution >= 0.6 is 0 Å². The molecule has 0 spiro atoms. The zero-order valence-corrected chi connectivity index (χ0v) is 12.2. The van der Waals surface area contributed by atoms with E-state index in [2.05, 4.69) is 12.2 Å². The standard InChI is InChI=1S/C16H24N2O2/c1-2-11-5-3-4-6-13(11)18-14-10-16-15(9-12(14)17)19-7-8-20-16/h9-11,13,18H,2-8,17H2,1H3. The topological polar surface area (TPSA) is 56.5 Å². The van der Waals surface area contributed by atoms with E-state index in [9.17, 15) is 0 Å². The maximum absolute atomic E-state index is 6.15. The van der Waals surface area contributed by atoms with E-state index in [0.717, 1.165) is 28.8 Å². The number of nitrogens with two attached hydrogens (primary N) is 1. The minimum absolute atomic E-state index is 0.526. The predicted octanol–water partition coefficient (Wildman–Crippen LogP) is 3.42. The van der Waals surface area contributed by atoms with Crippen LogP contribution in [0.3, 0.4) is 0 Å². The molecule has 1 aliphatic carbocycles. The van der Waals surface area contributed by atoms with Crippen molar-refractivity contribution in [2.45, 2.75) is 45.1 Å². The summed E-state index contributed by atoms with van der Waals surface area (Å²) in [6, 6.07) is 4.39. The lowest BCUT2D eigenvalue weighted by molar-refractivity contribution is 0.172. The first-order chi connectivity index (χ1) is 9.78. The fourth-order valence-corrected chi connectivity index (χ4v) is 3.32. The van der Waals surface area contributed by atoms with Crippen LogP contribution in [-0.2, 0) is 0 Å². The van der Waals surface area contributed by atoms with E-state index in [0.29, 0.717) is 19.3 Å². The molecule has 0 aromatic heterocycles. The van der Waals surface area contributed by atoms with Gasteiger partial charge in [-0.05, 0) is 18.8 Å². The molecule has 1 heterocycles. The average molecular weight is 276 g/mol. The number of rotatable bonds is 3. The lowest BCUT2D eigenvalue weighted by atomic mass is 9.83. The highest BCUT2D eigenvalue weighted by atomic mass is 16.6. The Morgan fingerprint density at radius 1 is 1.15 bits per heavy atom. The molecule has 0 radical (unpaired) electrons. The van der Waals surface area contributed by atoms with E-state index < -0.39 is 0 Å². The molecular formula is C16H24N2O2. The first-order valence-electron chi connectivity index (χ1n) is 7.73. The van der Waals surface area contributed by atoms with Gasteiger partial charge in [0.15, 0.2) is 11.5 Å². The second-order valence-corrected chi connectivity index (χ2v) is 5.79. The maximum atomic E-state index is 6.15. The Bertz CT molecular complexity index is 476. The summed E-state index contributed by atoms with van der Waals surface area (Å²) in [6.45, 7) is 3.48. The Morgan fingerprint density at radius 3 is 2.60 bits per heavy atom. The van der Waals surface area contributed by atoms with Crippen molar-refractivity contribution in [3.05, 3.63) is 12.1 Å². The lowest BCUT2D eigenvalue weighted by Crippen LogP contribution is -2.32. The van der Waals surface area contributed by atoms with E-state index in [1.165, 1.54) is 32.1 Å². The van der Waals surface area contributed by atoms with Crippen LogP contribution in [0.2, 0.25) is 0 Å². The van der Waals surface area contributed by atoms with Crippen molar-refractivity contribution < 1.29 is 9.47 Å². The highest BCUT2D eigenvalue weighted by molar-refractivity contribution is 5.72. The molecule has 20 heavy (non-hydrogen) atoms. The quantitative estimate of drug-likeness (QED) is 0.831. The molecule has 1 aliphatic heterocycles. The summed E-state index contributed by atoms with van der Waals surface area (Å²) in [5, 5.41) is 3.64. The van der Waals surface area contributed by atoms with Crippen LogP contribution in [0.25, 0.3) is 0 Å². The van der Waals surface area contributed by atoms with Crippen LogP contribution in [0.15, 0.2) is 12.1 Å². The third-order valence-electron chi connectivity index (χ3n) is 4.49. The minimum atomic E-state index is 0.526. The van der Waals surface area contributed by atoms with Gasteiger partial charge in [-0.15, -0.1) is 0 Å². The SMILES string of the molecule is CCC1CCCCC1Nc1cc2c(cc1N)OCCO2. The average Bonchev–Trinajstić information content (AvgIpc) is 2.48. The van der Waals surface area contributed by atoms with E-state index in [1.807, 2.05) is 12.1 Å². The second-order valence-electron chi connectivity index (χ2n) is 5.79. The van der Waals surface area contributed by atoms with E-state index in [-0.39, 0.29) is 0 Å². The summed E-state index contributed by atoms with van der Waals surface area (Å²) in [6.07, 6.45) is 6.43. The van der Waals surface area contributed by atoms with Gasteiger partial charge in [0.1, 0.15) is 13.2 Å². The summed E-state index contributed by atoms with van der Waals surface area (Å²) in [4.78, 5) is 0. The monoisotopic (exact) mass is 276 g/mol. The fourth-order valence-electron chi connectivity index (χ4n) is 3.32. The third kappa shape index (κ3) is 2.65. The third-order valence-corrected chi connectivity index (χ3v) is 4.49. The summed E-state index contributed by atoms with van der Waals surface area (Å²) in [5.41, 5.74) is 7.88. The number of hydrogen-bond acceptors (Lipinski definition) is 4. The molecule has 3 N–H and O–H groups in total. The molecule has 110 valence electrons. The van der Waals surface area contributed by atoms with Crippen molar-refractivity contribution >= 4 is 11.4 Å². The molecule has 1 aromatic rings. The van der Waals surface area contributed by atoms with E-state index in [1.54, 1.807) is 0 Å². The Kier molecular flexibility index (Phi) is 3.90. The number of nitrogen functional groups attached to an aromatic ring is 1. The first-order valence-corrected chi connectivity index (χ1v) is 7.73. The van der Waals surface area contributed by atoms with Crippen molar-refractivity contribution in [2.75, 3.05) is 24.3 Å². The van der Waals surface area contributed by atoms with Crippen LogP contribution in [-0.4, -0.2) is 19.3 Å². The van der Waals surface area contributed by atoms with Crippen molar-refractivity contribution in [1.82, 2.24) is 0 Å². The number of anilines is 2. The predicted molar refractivity (Wildman–Crippen MR) is 81.5 cm³/mol. The van der Waals surface area contributed by atoms with Crippen LogP contribution < -0.4 is 20.5 Å². The molecule has 0 bridgehead atoms. The van der Waals surface area contributed by atoms with Gasteiger partial charge in [-0.1, -0.05) is 26.2 Å². The van der Waals surface area contributed by atoms with Gasteiger partial charge in [-0.3, -0.25) is 0 Å². The molecule has 2 aliphatic rings. The van der Waals surface area contributed by atoms with Crippen LogP contribution in [0, 0.1) is 5.92 Å². The maximum Gasteiger partial charge on any atom is 0.163 e. The van der Waals surface area contributed by atoms with Gasteiger partial charge in [-0.2, -0.15) is 0 Å². The molecular weight excluding hydrogens is 252 g/mol. The van der Waals surface area contributed by atoms with Gasteiger partial charge >= 0.3 is 0 Å². The molecule has 2 atom stereocenters. The minimum Gasteiger partial charge on any atom is -0.486 e. The lowest BCUT2D eigenvalue weighted by Gasteiger charge is -2.33. The number of ether oxygens (including phenoxy) is 2. The highest BCUT2D eigenvalue weighted by Crippen LogP contribution is 2.38. The Balaban J connectivity index is 1.79. The molecule has 4 nitrogen and oxygen atoms in total. The zero-order chi connectivity index (χ0) is 13.9. The van der Waals surface area contributed by atoms with Crippen molar-refractivity contribution in [2.24, 2.45) is 5.92 Å². The molecule has 3 rings (SSSR count). The van der Waals surface area contributed by atoms with Crippen molar-refractivity contribution in [3.63, 3.8) is 0 Å². The largest absolute Gasteiger partial charge is 0.486 e. The van der Waals surface area contributed by atoms with E-state index in [4.69, 9.17) is 15.2 Å². The van der Waals surface area contributed by atoms with Gasteiger partial charge < -0.3 is 20.5 Å². The second kappa shape index (κ2) is 5.81. The van der Waals surface area contributed by atoms with Gasteiger partial charge in [0.2, 0.25) is 0 Å². The Morgan fingerprint density at radius 2 is 1.85 bits per heavy atom. The molecule has 0 saturated heterocycles. The van der Waals surface area contributed by atoms with Crippen LogP contribution in [0.5, 0.6) is 11.5 Å². The molecule has 2 unspecified atom stereocenters. The first kappa shape index (κ1) is 13.4. The van der Waals surface area contributed by atoms with E-state index >= 15 is 0 Å². The van der Waals surface area contributed by atoms with Crippen LogP contribution in [0.1, 0.15) is 39.0 Å². The summed E-state index contributed by atoms with van der Waals surface area (Å²) in [5.74, 6) is 2.31. The molecule has 1 fully saturated rings. The number of benzene rings is 1. The normalized spacial score (nSPS) is 25.2. The van der Waals surface area contributed by atoms with Gasteiger partial charge in [0.05, 0.1) is 11.4 Å². The summed E-state index contributed by atoms with van der Waals surface area (Å²) in [7, 11) is 0. The molecule has 1 aromatic carbocycles. The zero-order valence-electron chi connectivity index (χ0n) is 12.2. The van der Waals surface area contributed by atoms with Gasteiger partial charge in [0, 0.05) is 18.2 Å². The number of hydrogen-bond donors (Lipinski definition) is 2. The van der Waals surface area contributed by atoms with Gasteiger partial charge in [0.25, 0.3) is 0 Å². The Hall–Kier alpha value is -1.58. The number of fused-ring (bicyclic) bond motifs is 1. The smallest absolute Gasteiger partial charge is 0.163 e. The van der Waals surface area contributed by atoms with Crippen molar-refractivity contribution in [3.8, 4) is 11.5 Å². The van der Waals surface area contributed by atoms with Crippen molar-refractivity contribution in [1.29, 1.82) is 0 Å².